The van der Waals surface area contributed by atoms with E-state index in [-0.39, 0.29) is 0 Å². The zero-order valence-corrected chi connectivity index (χ0v) is 10.1. The Balaban J connectivity index is 1.71. The van der Waals surface area contributed by atoms with Gasteiger partial charge in [-0.2, -0.15) is 0 Å². The molecule has 0 spiro atoms. The average Bonchev–Trinajstić information content (AvgIpc) is 2.78. The zero-order chi connectivity index (χ0) is 11.2. The van der Waals surface area contributed by atoms with Crippen LogP contribution in [0.2, 0.25) is 0 Å². The standard InChI is InChI=1S/C13H22N2O/c1-2-15-7-3-6-13(15)10-14-9-12-5-4-8-16-11-12/h3,6-7,12,14H,2,4-5,8-11H2,1H3. The first-order valence-electron chi connectivity index (χ1n) is 6.32. The maximum atomic E-state index is 5.47. The fourth-order valence-electron chi connectivity index (χ4n) is 2.29. The molecule has 1 N–H and O–H groups in total. The van der Waals surface area contributed by atoms with E-state index in [0.29, 0.717) is 5.92 Å². The first-order chi connectivity index (χ1) is 7.90. The Morgan fingerprint density at radius 1 is 1.56 bits per heavy atom. The van der Waals surface area contributed by atoms with Gasteiger partial charge in [0.15, 0.2) is 0 Å². The highest BCUT2D eigenvalue weighted by Crippen LogP contribution is 2.12. The summed E-state index contributed by atoms with van der Waals surface area (Å²) in [5.74, 6) is 0.707. The average molecular weight is 222 g/mol. The molecule has 1 aromatic rings. The minimum absolute atomic E-state index is 0.707. The van der Waals surface area contributed by atoms with Gasteiger partial charge in [-0.3, -0.25) is 0 Å². The SMILES string of the molecule is CCn1cccc1CNCC1CCCOC1. The summed E-state index contributed by atoms with van der Waals surface area (Å²) in [7, 11) is 0. The van der Waals surface area contributed by atoms with E-state index in [4.69, 9.17) is 4.74 Å². The van der Waals surface area contributed by atoms with Crippen molar-refractivity contribution in [1.29, 1.82) is 0 Å². The molecule has 1 unspecified atom stereocenters. The van der Waals surface area contributed by atoms with E-state index in [2.05, 4.69) is 35.1 Å². The van der Waals surface area contributed by atoms with Gasteiger partial charge >= 0.3 is 0 Å². The van der Waals surface area contributed by atoms with Gasteiger partial charge in [-0.1, -0.05) is 0 Å². The summed E-state index contributed by atoms with van der Waals surface area (Å²) >= 11 is 0. The summed E-state index contributed by atoms with van der Waals surface area (Å²) in [4.78, 5) is 0. The van der Waals surface area contributed by atoms with E-state index in [1.165, 1.54) is 18.5 Å². The second-order valence-corrected chi connectivity index (χ2v) is 4.50. The second kappa shape index (κ2) is 6.06. The van der Waals surface area contributed by atoms with Crippen LogP contribution in [-0.2, 0) is 17.8 Å². The topological polar surface area (TPSA) is 26.2 Å². The van der Waals surface area contributed by atoms with Crippen molar-refractivity contribution in [3.63, 3.8) is 0 Å². The first-order valence-corrected chi connectivity index (χ1v) is 6.32. The highest BCUT2D eigenvalue weighted by atomic mass is 16.5. The Morgan fingerprint density at radius 2 is 2.50 bits per heavy atom. The molecule has 3 heteroatoms. The summed E-state index contributed by atoms with van der Waals surface area (Å²) in [5.41, 5.74) is 1.37. The predicted octanol–water partition coefficient (Wildman–Crippen LogP) is 2.02. The van der Waals surface area contributed by atoms with Crippen molar-refractivity contribution >= 4 is 0 Å². The van der Waals surface area contributed by atoms with E-state index in [9.17, 15) is 0 Å². The highest BCUT2D eigenvalue weighted by Gasteiger charge is 2.13. The fourth-order valence-corrected chi connectivity index (χ4v) is 2.29. The van der Waals surface area contributed by atoms with Crippen LogP contribution >= 0.6 is 0 Å². The molecule has 3 nitrogen and oxygen atoms in total. The number of nitrogens with one attached hydrogen (secondary N) is 1. The Bertz CT molecular complexity index is 303. The molecular formula is C13H22N2O. The number of ether oxygens (including phenoxy) is 1. The van der Waals surface area contributed by atoms with Gasteiger partial charge in [0.25, 0.3) is 0 Å². The minimum Gasteiger partial charge on any atom is -0.381 e. The van der Waals surface area contributed by atoms with E-state index in [1.807, 2.05) is 0 Å². The van der Waals surface area contributed by atoms with Crippen molar-refractivity contribution < 1.29 is 4.74 Å². The van der Waals surface area contributed by atoms with E-state index in [1.54, 1.807) is 0 Å². The summed E-state index contributed by atoms with van der Waals surface area (Å²) in [5, 5.41) is 3.53. The molecule has 0 saturated carbocycles. The number of nitrogens with zero attached hydrogens (tertiary/aromatic N) is 1. The molecular weight excluding hydrogens is 200 g/mol. The van der Waals surface area contributed by atoms with Gasteiger partial charge in [0.05, 0.1) is 6.61 Å². The van der Waals surface area contributed by atoms with Crippen LogP contribution in [-0.4, -0.2) is 24.3 Å². The molecule has 0 amide bonds. The van der Waals surface area contributed by atoms with Crippen LogP contribution in [0.4, 0.5) is 0 Å². The summed E-state index contributed by atoms with van der Waals surface area (Å²) in [6, 6.07) is 4.30. The molecule has 1 aliphatic rings. The number of rotatable bonds is 5. The van der Waals surface area contributed by atoms with Crippen molar-refractivity contribution in [3.8, 4) is 0 Å². The number of hydrogen-bond acceptors (Lipinski definition) is 2. The fraction of sp³-hybridized carbons (Fsp3) is 0.692. The molecule has 2 rings (SSSR count). The van der Waals surface area contributed by atoms with Gasteiger partial charge in [-0.25, -0.2) is 0 Å². The number of aromatic nitrogens is 1. The zero-order valence-electron chi connectivity index (χ0n) is 10.1. The van der Waals surface area contributed by atoms with Crippen LogP contribution in [0.1, 0.15) is 25.5 Å². The highest BCUT2D eigenvalue weighted by molar-refractivity contribution is 5.06. The molecule has 0 aliphatic carbocycles. The van der Waals surface area contributed by atoms with Crippen molar-refractivity contribution in [1.82, 2.24) is 9.88 Å². The van der Waals surface area contributed by atoms with Crippen LogP contribution in [0, 0.1) is 5.92 Å². The molecule has 1 atom stereocenters. The third-order valence-electron chi connectivity index (χ3n) is 3.26. The molecule has 0 bridgehead atoms. The van der Waals surface area contributed by atoms with E-state index in [0.717, 1.165) is 32.8 Å². The van der Waals surface area contributed by atoms with Crippen molar-refractivity contribution in [2.24, 2.45) is 5.92 Å². The lowest BCUT2D eigenvalue weighted by Gasteiger charge is -2.22. The molecule has 0 radical (unpaired) electrons. The summed E-state index contributed by atoms with van der Waals surface area (Å²) in [6.07, 6.45) is 4.67. The van der Waals surface area contributed by atoms with Gasteiger partial charge in [0, 0.05) is 38.1 Å². The van der Waals surface area contributed by atoms with Crippen LogP contribution in [0.3, 0.4) is 0 Å². The molecule has 2 heterocycles. The molecule has 16 heavy (non-hydrogen) atoms. The third kappa shape index (κ3) is 3.09. The van der Waals surface area contributed by atoms with Gasteiger partial charge in [-0.15, -0.1) is 0 Å². The number of aryl methyl sites for hydroxylation is 1. The normalized spacial score (nSPS) is 21.2. The second-order valence-electron chi connectivity index (χ2n) is 4.50. The van der Waals surface area contributed by atoms with Gasteiger partial charge in [0.2, 0.25) is 0 Å². The van der Waals surface area contributed by atoms with Crippen molar-refractivity contribution in [2.45, 2.75) is 32.9 Å². The van der Waals surface area contributed by atoms with Gasteiger partial charge in [0.1, 0.15) is 0 Å². The maximum Gasteiger partial charge on any atom is 0.0506 e. The molecule has 1 aliphatic heterocycles. The summed E-state index contributed by atoms with van der Waals surface area (Å²) < 4.78 is 7.75. The number of hydrogen-bond donors (Lipinski definition) is 1. The Hall–Kier alpha value is -0.800. The van der Waals surface area contributed by atoms with Gasteiger partial charge < -0.3 is 14.6 Å². The lowest BCUT2D eigenvalue weighted by molar-refractivity contribution is 0.0547. The van der Waals surface area contributed by atoms with Crippen LogP contribution in [0.5, 0.6) is 0 Å². The maximum absolute atomic E-state index is 5.47. The van der Waals surface area contributed by atoms with Crippen LogP contribution in [0.25, 0.3) is 0 Å². The summed E-state index contributed by atoms with van der Waals surface area (Å²) in [6.45, 7) is 7.16. The van der Waals surface area contributed by atoms with E-state index >= 15 is 0 Å². The van der Waals surface area contributed by atoms with Crippen molar-refractivity contribution in [2.75, 3.05) is 19.8 Å². The quantitative estimate of drug-likeness (QED) is 0.825. The van der Waals surface area contributed by atoms with E-state index < -0.39 is 0 Å². The lowest BCUT2D eigenvalue weighted by atomic mass is 10.0. The Morgan fingerprint density at radius 3 is 3.25 bits per heavy atom. The monoisotopic (exact) mass is 222 g/mol. The smallest absolute Gasteiger partial charge is 0.0506 e. The molecule has 0 aromatic carbocycles. The minimum atomic E-state index is 0.707. The lowest BCUT2D eigenvalue weighted by Crippen LogP contribution is -2.29. The molecule has 1 aromatic heterocycles. The molecule has 1 fully saturated rings. The van der Waals surface area contributed by atoms with Crippen molar-refractivity contribution in [3.05, 3.63) is 24.0 Å². The van der Waals surface area contributed by atoms with Gasteiger partial charge in [-0.05, 0) is 37.8 Å². The van der Waals surface area contributed by atoms with Crippen LogP contribution in [0.15, 0.2) is 18.3 Å². The Labute approximate surface area is 97.8 Å². The molecule has 1 saturated heterocycles. The third-order valence-corrected chi connectivity index (χ3v) is 3.26. The Kier molecular flexibility index (Phi) is 4.43. The predicted molar refractivity (Wildman–Crippen MR) is 65.4 cm³/mol. The largest absolute Gasteiger partial charge is 0.381 e. The molecule has 90 valence electrons. The first kappa shape index (κ1) is 11.7. The van der Waals surface area contributed by atoms with Crippen LogP contribution < -0.4 is 5.32 Å².